The predicted molar refractivity (Wildman–Crippen MR) is 175 cm³/mol. The number of alkyl halides is 1. The quantitative estimate of drug-likeness (QED) is 0.211. The standard InChI is InChI=1S/C38H25FN4O/c1-42-30-17-6-4-15-28(30)41-38(42)24-12-10-11-23(21-24)36(39)27-22-31-35(37-34(27)26-14-3-7-18-32(26)44-37)25-13-2-5-16-29(25)43(31)33-19-8-9-20-40-33/h2-22,36H,1H3. The van der Waals surface area contributed by atoms with Gasteiger partial charge in [0.1, 0.15) is 22.8 Å². The van der Waals surface area contributed by atoms with E-state index in [0.717, 1.165) is 66.4 Å². The van der Waals surface area contributed by atoms with Crippen molar-refractivity contribution in [2.75, 3.05) is 0 Å². The smallest absolute Gasteiger partial charge is 0.151 e. The van der Waals surface area contributed by atoms with Gasteiger partial charge in [0, 0.05) is 40.5 Å². The molecule has 210 valence electrons. The van der Waals surface area contributed by atoms with Gasteiger partial charge in [0.2, 0.25) is 0 Å². The first-order chi connectivity index (χ1) is 21.7. The summed E-state index contributed by atoms with van der Waals surface area (Å²) in [7, 11) is 2.00. The predicted octanol–water partition coefficient (Wildman–Crippen LogP) is 9.69. The maximum absolute atomic E-state index is 17.2. The van der Waals surface area contributed by atoms with E-state index in [-0.39, 0.29) is 0 Å². The highest BCUT2D eigenvalue weighted by Crippen LogP contribution is 2.45. The van der Waals surface area contributed by atoms with Crippen molar-refractivity contribution in [1.29, 1.82) is 0 Å². The molecule has 6 heteroatoms. The number of imidazole rings is 1. The maximum Gasteiger partial charge on any atom is 0.151 e. The summed E-state index contributed by atoms with van der Waals surface area (Å²) >= 11 is 0. The molecule has 44 heavy (non-hydrogen) atoms. The number of furan rings is 1. The minimum absolute atomic E-state index is 0.555. The summed E-state index contributed by atoms with van der Waals surface area (Å²) in [5, 5.41) is 3.66. The number of hydrogen-bond acceptors (Lipinski definition) is 3. The fraction of sp³-hybridized carbons (Fsp3) is 0.0526. The van der Waals surface area contributed by atoms with Crippen LogP contribution in [0, 0.1) is 0 Å². The van der Waals surface area contributed by atoms with E-state index in [1.807, 2.05) is 116 Å². The van der Waals surface area contributed by atoms with Crippen LogP contribution in [0.2, 0.25) is 0 Å². The first-order valence-corrected chi connectivity index (χ1v) is 14.6. The number of pyridine rings is 1. The number of aryl methyl sites for hydroxylation is 1. The van der Waals surface area contributed by atoms with Gasteiger partial charge < -0.3 is 8.98 Å². The highest BCUT2D eigenvalue weighted by atomic mass is 19.1. The maximum atomic E-state index is 17.2. The van der Waals surface area contributed by atoms with Crippen LogP contribution in [-0.4, -0.2) is 19.1 Å². The number of hydrogen-bond donors (Lipinski definition) is 0. The van der Waals surface area contributed by atoms with E-state index >= 15 is 4.39 Å². The fourth-order valence-corrected chi connectivity index (χ4v) is 6.71. The van der Waals surface area contributed by atoms with Crippen LogP contribution in [0.5, 0.6) is 0 Å². The van der Waals surface area contributed by atoms with E-state index in [4.69, 9.17) is 9.40 Å². The van der Waals surface area contributed by atoms with Crippen molar-refractivity contribution in [3.05, 3.63) is 139 Å². The van der Waals surface area contributed by atoms with Crippen LogP contribution in [0.15, 0.2) is 132 Å². The number of halogens is 1. The molecule has 0 aliphatic heterocycles. The molecule has 1 atom stereocenters. The third kappa shape index (κ3) is 3.51. The largest absolute Gasteiger partial charge is 0.455 e. The second-order valence-electron chi connectivity index (χ2n) is 11.2. The van der Waals surface area contributed by atoms with Gasteiger partial charge in [-0.15, -0.1) is 0 Å². The molecule has 0 spiro atoms. The zero-order valence-corrected chi connectivity index (χ0v) is 23.8. The summed E-state index contributed by atoms with van der Waals surface area (Å²) in [5.74, 6) is 1.56. The van der Waals surface area contributed by atoms with Crippen LogP contribution < -0.4 is 0 Å². The third-order valence-corrected chi connectivity index (χ3v) is 8.69. The van der Waals surface area contributed by atoms with Crippen molar-refractivity contribution in [3.8, 4) is 17.2 Å². The zero-order chi connectivity index (χ0) is 29.4. The molecule has 0 aliphatic carbocycles. The van der Waals surface area contributed by atoms with Crippen molar-refractivity contribution in [1.82, 2.24) is 19.1 Å². The van der Waals surface area contributed by atoms with Crippen LogP contribution in [0.3, 0.4) is 0 Å². The minimum Gasteiger partial charge on any atom is -0.455 e. The minimum atomic E-state index is -1.42. The van der Waals surface area contributed by atoms with Gasteiger partial charge in [-0.2, -0.15) is 0 Å². The Balaban J connectivity index is 1.33. The molecule has 4 aromatic heterocycles. The first kappa shape index (κ1) is 24.8. The van der Waals surface area contributed by atoms with Crippen LogP contribution in [0.25, 0.3) is 72.0 Å². The zero-order valence-electron chi connectivity index (χ0n) is 23.8. The van der Waals surface area contributed by atoms with Gasteiger partial charge in [-0.1, -0.05) is 72.8 Å². The van der Waals surface area contributed by atoms with Crippen molar-refractivity contribution in [2.24, 2.45) is 7.05 Å². The van der Waals surface area contributed by atoms with E-state index in [2.05, 4.69) is 26.3 Å². The molecule has 0 aliphatic rings. The van der Waals surface area contributed by atoms with Gasteiger partial charge in [0.25, 0.3) is 0 Å². The van der Waals surface area contributed by atoms with Crippen molar-refractivity contribution in [2.45, 2.75) is 6.17 Å². The fourth-order valence-electron chi connectivity index (χ4n) is 6.71. The lowest BCUT2D eigenvalue weighted by atomic mass is 9.94. The van der Waals surface area contributed by atoms with Crippen molar-refractivity contribution < 1.29 is 8.81 Å². The van der Waals surface area contributed by atoms with E-state index in [0.29, 0.717) is 16.7 Å². The number of aromatic nitrogens is 4. The second-order valence-corrected chi connectivity index (χ2v) is 11.2. The highest BCUT2D eigenvalue weighted by Gasteiger charge is 2.26. The average Bonchev–Trinajstić information content (AvgIpc) is 3.74. The van der Waals surface area contributed by atoms with E-state index in [9.17, 15) is 0 Å². The molecule has 0 N–H and O–H groups in total. The Morgan fingerprint density at radius 1 is 0.705 bits per heavy atom. The monoisotopic (exact) mass is 572 g/mol. The summed E-state index contributed by atoms with van der Waals surface area (Å²) in [5.41, 5.74) is 7.15. The van der Waals surface area contributed by atoms with Crippen molar-refractivity contribution in [3.63, 3.8) is 0 Å². The summed E-state index contributed by atoms with van der Waals surface area (Å²) in [6.45, 7) is 0. The van der Waals surface area contributed by atoms with E-state index < -0.39 is 6.17 Å². The topological polar surface area (TPSA) is 48.8 Å². The Morgan fingerprint density at radius 3 is 2.32 bits per heavy atom. The number of benzene rings is 5. The first-order valence-electron chi connectivity index (χ1n) is 14.6. The lowest BCUT2D eigenvalue weighted by Gasteiger charge is -2.14. The number of fused-ring (bicyclic) bond motifs is 8. The molecule has 0 bridgehead atoms. The molecule has 0 saturated heterocycles. The molecule has 1 unspecified atom stereocenters. The number of nitrogens with zero attached hydrogens (tertiary/aromatic N) is 4. The molecule has 0 radical (unpaired) electrons. The van der Waals surface area contributed by atoms with Crippen LogP contribution in [-0.2, 0) is 7.05 Å². The SMILES string of the molecule is Cn1c(-c2cccc(C(F)c3cc4c(c5ccccc5n4-c4ccccn4)c4oc5ccccc5c34)c2)nc2ccccc21. The van der Waals surface area contributed by atoms with Gasteiger partial charge in [0.05, 0.1) is 27.5 Å². The second kappa shape index (κ2) is 9.38. The molecule has 5 nitrogen and oxygen atoms in total. The average molecular weight is 573 g/mol. The Labute approximate surface area is 251 Å². The van der Waals surface area contributed by atoms with Gasteiger partial charge >= 0.3 is 0 Å². The van der Waals surface area contributed by atoms with Gasteiger partial charge in [-0.25, -0.2) is 14.4 Å². The molecule has 0 saturated carbocycles. The van der Waals surface area contributed by atoms with E-state index in [1.165, 1.54) is 0 Å². The third-order valence-electron chi connectivity index (χ3n) is 8.69. The Kier molecular flexibility index (Phi) is 5.29. The number of rotatable bonds is 4. The highest BCUT2D eigenvalue weighted by molar-refractivity contribution is 6.25. The van der Waals surface area contributed by atoms with Crippen LogP contribution in [0.1, 0.15) is 17.3 Å². The normalized spacial score (nSPS) is 12.7. The molecule has 9 rings (SSSR count). The van der Waals surface area contributed by atoms with Crippen molar-refractivity contribution >= 4 is 54.8 Å². The summed E-state index contributed by atoms with van der Waals surface area (Å²) in [4.78, 5) is 9.54. The summed E-state index contributed by atoms with van der Waals surface area (Å²) in [6.07, 6.45) is 0.355. The Bertz CT molecular complexity index is 2540. The van der Waals surface area contributed by atoms with Gasteiger partial charge in [-0.05, 0) is 54.1 Å². The molecule has 0 fully saturated rings. The van der Waals surface area contributed by atoms with Gasteiger partial charge in [0.15, 0.2) is 6.17 Å². The molecular weight excluding hydrogens is 547 g/mol. The Hall–Kier alpha value is -5.75. The summed E-state index contributed by atoms with van der Waals surface area (Å²) < 4.78 is 28.0. The Morgan fingerprint density at radius 2 is 1.48 bits per heavy atom. The van der Waals surface area contributed by atoms with Gasteiger partial charge in [-0.3, -0.25) is 4.57 Å². The van der Waals surface area contributed by atoms with E-state index in [1.54, 1.807) is 6.20 Å². The van der Waals surface area contributed by atoms with Crippen LogP contribution in [0.4, 0.5) is 4.39 Å². The molecule has 9 aromatic rings. The number of para-hydroxylation sites is 4. The lowest BCUT2D eigenvalue weighted by Crippen LogP contribution is -2.00. The summed E-state index contributed by atoms with van der Waals surface area (Å²) in [6, 6.07) is 39.6. The van der Waals surface area contributed by atoms with Crippen LogP contribution >= 0.6 is 0 Å². The molecule has 5 aromatic carbocycles. The molecule has 4 heterocycles. The molecule has 0 amide bonds. The molecular formula is C38H25FN4O. The lowest BCUT2D eigenvalue weighted by molar-refractivity contribution is 0.405.